The van der Waals surface area contributed by atoms with E-state index in [9.17, 15) is 13.4 Å². The van der Waals surface area contributed by atoms with E-state index in [1.54, 1.807) is 6.07 Å². The maximum Gasteiger partial charge on any atom is 0.253 e. The zero-order valence-corrected chi connectivity index (χ0v) is 14.9. The number of anilines is 1. The van der Waals surface area contributed by atoms with Crippen molar-refractivity contribution in [2.75, 3.05) is 10.8 Å². The van der Waals surface area contributed by atoms with Crippen LogP contribution in [0.4, 0.5) is 10.1 Å². The molecule has 2 aromatic carbocycles. The summed E-state index contributed by atoms with van der Waals surface area (Å²) in [5, 5.41) is 0. The van der Waals surface area contributed by atoms with Crippen molar-refractivity contribution < 1.29 is 18.1 Å². The second-order valence-corrected chi connectivity index (χ2v) is 8.05. The normalized spacial score (nSPS) is 20.1. The quantitative estimate of drug-likeness (QED) is 0.785. The highest BCUT2D eigenvalue weighted by Gasteiger charge is 2.33. The van der Waals surface area contributed by atoms with Crippen molar-refractivity contribution >= 4 is 43.3 Å². The van der Waals surface area contributed by atoms with Crippen LogP contribution in [0.3, 0.4) is 0 Å². The molecule has 1 fully saturated rings. The summed E-state index contributed by atoms with van der Waals surface area (Å²) in [6, 6.07) is 12.2. The summed E-state index contributed by atoms with van der Waals surface area (Å²) in [5.74, 6) is 2.53. The first-order chi connectivity index (χ1) is 11.4. The molecule has 2 aromatic rings. The molecule has 0 radical (unpaired) electrons. The van der Waals surface area contributed by atoms with Crippen molar-refractivity contribution in [2.45, 2.75) is 6.61 Å². The molecule has 0 aliphatic carbocycles. The van der Waals surface area contributed by atoms with E-state index in [1.807, 2.05) is 30.3 Å². The van der Waals surface area contributed by atoms with E-state index >= 15 is 0 Å². The van der Waals surface area contributed by atoms with E-state index in [2.05, 4.69) is 26.5 Å². The summed E-state index contributed by atoms with van der Waals surface area (Å²) < 4.78 is 36.5. The molecule has 1 aliphatic heterocycles. The average Bonchev–Trinajstić information content (AvgIpc) is 2.78. The number of hydrogen-bond donors (Lipinski definition) is 1. The molecule has 0 aromatic heterocycles. The molecule has 3 rings (SSSR count). The Morgan fingerprint density at radius 2 is 2.04 bits per heavy atom. The SMILES string of the molecule is C=S1(=O)NC(=O)CN1c1c(F)cc(Br)cc1OCc1ccccc1. The van der Waals surface area contributed by atoms with Gasteiger partial charge in [-0.25, -0.2) is 8.60 Å². The predicted molar refractivity (Wildman–Crippen MR) is 95.6 cm³/mol. The van der Waals surface area contributed by atoms with Crippen LogP contribution < -0.4 is 13.8 Å². The van der Waals surface area contributed by atoms with Gasteiger partial charge in [-0.2, -0.15) is 0 Å². The van der Waals surface area contributed by atoms with Crippen LogP contribution in [0.25, 0.3) is 0 Å². The third-order valence-corrected chi connectivity index (χ3v) is 5.42. The standard InChI is InChI=1S/C16H14BrFN2O3S/c1-24(22)19-15(21)9-20(24)16-13(18)7-12(17)8-14(16)23-10-11-5-3-2-4-6-11/h2-8H,1,9-10H2,(H,19,21,22). The van der Waals surface area contributed by atoms with Crippen molar-refractivity contribution in [3.8, 4) is 5.75 Å². The molecule has 1 N–H and O–H groups in total. The first-order valence-corrected chi connectivity index (χ1v) is 9.46. The Kier molecular flexibility index (Phi) is 4.51. The summed E-state index contributed by atoms with van der Waals surface area (Å²) in [7, 11) is -3.13. The van der Waals surface area contributed by atoms with Crippen LogP contribution in [0.2, 0.25) is 0 Å². The molecule has 1 unspecified atom stereocenters. The van der Waals surface area contributed by atoms with Crippen molar-refractivity contribution in [1.29, 1.82) is 0 Å². The first kappa shape index (κ1) is 16.8. The summed E-state index contributed by atoms with van der Waals surface area (Å²) >= 11 is 3.21. The molecule has 0 spiro atoms. The van der Waals surface area contributed by atoms with Crippen molar-refractivity contribution in [2.24, 2.45) is 0 Å². The van der Waals surface area contributed by atoms with E-state index in [0.29, 0.717) is 4.47 Å². The van der Waals surface area contributed by atoms with Gasteiger partial charge < -0.3 is 4.74 Å². The molecule has 0 bridgehead atoms. The first-order valence-electron chi connectivity index (χ1n) is 6.98. The number of amides is 1. The van der Waals surface area contributed by atoms with Gasteiger partial charge in [0.15, 0.2) is 5.82 Å². The molecule has 0 saturated carbocycles. The molecule has 1 atom stereocenters. The van der Waals surface area contributed by atoms with E-state index < -0.39 is 21.6 Å². The Labute approximate surface area is 147 Å². The number of hydrogen-bond acceptors (Lipinski definition) is 3. The highest BCUT2D eigenvalue weighted by molar-refractivity contribution is 9.10. The van der Waals surface area contributed by atoms with Crippen LogP contribution in [0, 0.1) is 5.82 Å². The van der Waals surface area contributed by atoms with Gasteiger partial charge in [0, 0.05) is 4.47 Å². The van der Waals surface area contributed by atoms with Gasteiger partial charge in [0.25, 0.3) is 5.91 Å². The number of nitrogens with one attached hydrogen (secondary N) is 1. The zero-order chi connectivity index (χ0) is 17.3. The van der Waals surface area contributed by atoms with E-state index in [1.165, 1.54) is 6.07 Å². The number of rotatable bonds is 4. The second kappa shape index (κ2) is 6.45. The smallest absolute Gasteiger partial charge is 0.253 e. The minimum atomic E-state index is -3.13. The molecule has 5 nitrogen and oxygen atoms in total. The minimum absolute atomic E-state index is 0.0486. The fraction of sp³-hybridized carbons (Fsp3) is 0.125. The lowest BCUT2D eigenvalue weighted by atomic mass is 10.2. The Morgan fingerprint density at radius 1 is 1.33 bits per heavy atom. The van der Waals surface area contributed by atoms with Gasteiger partial charge in [0.05, 0.1) is 0 Å². The van der Waals surface area contributed by atoms with Gasteiger partial charge in [0.2, 0.25) is 0 Å². The molecule has 126 valence electrons. The number of halogens is 2. The Hall–Kier alpha value is -2.06. The van der Waals surface area contributed by atoms with Crippen molar-refractivity contribution in [3.05, 3.63) is 58.3 Å². The fourth-order valence-corrected chi connectivity index (χ4v) is 4.09. The topological polar surface area (TPSA) is 58.6 Å². The minimum Gasteiger partial charge on any atom is -0.487 e. The molecular formula is C16H14BrFN2O3S. The molecule has 1 saturated heterocycles. The number of benzene rings is 2. The lowest BCUT2D eigenvalue weighted by Gasteiger charge is -2.22. The number of nitrogens with zero attached hydrogens (tertiary/aromatic N) is 1. The molecular weight excluding hydrogens is 399 g/mol. The van der Waals surface area contributed by atoms with Gasteiger partial charge in [0.1, 0.15) is 34.5 Å². The summed E-state index contributed by atoms with van der Waals surface area (Å²) in [6.07, 6.45) is 0. The van der Waals surface area contributed by atoms with Gasteiger partial charge in [-0.1, -0.05) is 46.3 Å². The van der Waals surface area contributed by atoms with Gasteiger partial charge in [-0.15, -0.1) is 0 Å². The maximum absolute atomic E-state index is 14.5. The molecule has 8 heteroatoms. The molecule has 1 aliphatic rings. The largest absolute Gasteiger partial charge is 0.487 e. The van der Waals surface area contributed by atoms with E-state index in [-0.39, 0.29) is 24.6 Å². The van der Waals surface area contributed by atoms with E-state index in [4.69, 9.17) is 4.74 Å². The third-order valence-electron chi connectivity index (χ3n) is 3.40. The summed E-state index contributed by atoms with van der Waals surface area (Å²) in [6.45, 7) is -0.0418. The average molecular weight is 413 g/mol. The number of ether oxygens (including phenoxy) is 1. The van der Waals surface area contributed by atoms with Gasteiger partial charge in [-0.3, -0.25) is 13.8 Å². The Balaban J connectivity index is 1.98. The molecule has 1 amide bonds. The maximum atomic E-state index is 14.5. The van der Waals surface area contributed by atoms with E-state index in [0.717, 1.165) is 9.87 Å². The lowest BCUT2D eigenvalue weighted by Crippen LogP contribution is -2.30. The van der Waals surface area contributed by atoms with Crippen LogP contribution in [-0.4, -0.2) is 22.5 Å². The van der Waals surface area contributed by atoms with Crippen LogP contribution in [0.15, 0.2) is 46.9 Å². The van der Waals surface area contributed by atoms with Gasteiger partial charge >= 0.3 is 0 Å². The molecule has 1 heterocycles. The summed E-state index contributed by atoms with van der Waals surface area (Å²) in [5.41, 5.74) is 0.849. The predicted octanol–water partition coefficient (Wildman–Crippen LogP) is 2.65. The van der Waals surface area contributed by atoms with Crippen LogP contribution in [0.1, 0.15) is 5.56 Å². The number of carbonyl (C=O) groups is 1. The lowest BCUT2D eigenvalue weighted by molar-refractivity contribution is -0.117. The zero-order valence-electron chi connectivity index (χ0n) is 12.5. The number of carbonyl (C=O) groups excluding carboxylic acids is 1. The fourth-order valence-electron chi connectivity index (χ4n) is 2.36. The highest BCUT2D eigenvalue weighted by Crippen LogP contribution is 2.37. The Bertz CT molecular complexity index is 888. The highest BCUT2D eigenvalue weighted by atomic mass is 79.9. The van der Waals surface area contributed by atoms with Gasteiger partial charge in [-0.05, 0) is 23.6 Å². The van der Waals surface area contributed by atoms with Crippen LogP contribution in [-0.2, 0) is 21.3 Å². The Morgan fingerprint density at radius 3 is 2.67 bits per heavy atom. The third kappa shape index (κ3) is 3.39. The van der Waals surface area contributed by atoms with Crippen molar-refractivity contribution in [1.82, 2.24) is 4.72 Å². The van der Waals surface area contributed by atoms with Crippen LogP contribution in [0.5, 0.6) is 5.75 Å². The summed E-state index contributed by atoms with van der Waals surface area (Å²) in [4.78, 5) is 11.6. The monoisotopic (exact) mass is 412 g/mol. The van der Waals surface area contributed by atoms with Crippen molar-refractivity contribution in [3.63, 3.8) is 0 Å². The molecule has 24 heavy (non-hydrogen) atoms. The second-order valence-electron chi connectivity index (χ2n) is 5.21. The van der Waals surface area contributed by atoms with Crippen LogP contribution >= 0.6 is 15.9 Å².